The Balaban J connectivity index is 2.63. The standard InChI is InChI=1S/C10H22N2O3S/c1-9(2,3)12-16(14,15)11-7-6-8(13)10(7,4)5/h7-8,11-13H,6H2,1-5H3. The Bertz CT molecular complexity index is 357. The molecule has 1 rings (SSSR count). The predicted molar refractivity (Wildman–Crippen MR) is 63.1 cm³/mol. The minimum Gasteiger partial charge on any atom is -0.392 e. The molecule has 6 heteroatoms. The van der Waals surface area contributed by atoms with Crippen LogP contribution in [-0.4, -0.2) is 31.2 Å². The van der Waals surface area contributed by atoms with Gasteiger partial charge in [0.15, 0.2) is 0 Å². The van der Waals surface area contributed by atoms with Crippen molar-refractivity contribution in [3.05, 3.63) is 0 Å². The van der Waals surface area contributed by atoms with Crippen LogP contribution in [0.4, 0.5) is 0 Å². The maximum Gasteiger partial charge on any atom is 0.277 e. The third-order valence-corrected chi connectivity index (χ3v) is 4.43. The summed E-state index contributed by atoms with van der Waals surface area (Å²) in [7, 11) is -3.50. The Morgan fingerprint density at radius 3 is 2.12 bits per heavy atom. The minimum atomic E-state index is -3.50. The third-order valence-electron chi connectivity index (χ3n) is 2.95. The molecule has 0 bridgehead atoms. The van der Waals surface area contributed by atoms with Gasteiger partial charge < -0.3 is 5.11 Å². The minimum absolute atomic E-state index is 0.206. The molecule has 0 spiro atoms. The number of nitrogens with one attached hydrogen (secondary N) is 2. The van der Waals surface area contributed by atoms with E-state index in [0.29, 0.717) is 6.42 Å². The van der Waals surface area contributed by atoms with Crippen molar-refractivity contribution < 1.29 is 13.5 Å². The predicted octanol–water partition coefficient (Wildman–Crippen LogP) is 0.368. The Kier molecular flexibility index (Phi) is 3.42. The van der Waals surface area contributed by atoms with Crippen LogP contribution in [0.25, 0.3) is 0 Å². The largest absolute Gasteiger partial charge is 0.392 e. The van der Waals surface area contributed by atoms with Crippen molar-refractivity contribution in [1.82, 2.24) is 9.44 Å². The van der Waals surface area contributed by atoms with Gasteiger partial charge in [0.05, 0.1) is 6.10 Å². The molecule has 1 aliphatic rings. The van der Waals surface area contributed by atoms with Crippen LogP contribution in [0.5, 0.6) is 0 Å². The number of hydrogen-bond acceptors (Lipinski definition) is 3. The van der Waals surface area contributed by atoms with E-state index < -0.39 is 27.3 Å². The summed E-state index contributed by atoms with van der Waals surface area (Å²) in [5.74, 6) is 0. The Morgan fingerprint density at radius 2 is 1.81 bits per heavy atom. The molecule has 5 nitrogen and oxygen atoms in total. The molecule has 1 aliphatic carbocycles. The lowest BCUT2D eigenvalue weighted by molar-refractivity contribution is -0.0646. The summed E-state index contributed by atoms with van der Waals surface area (Å²) >= 11 is 0. The van der Waals surface area contributed by atoms with E-state index >= 15 is 0 Å². The molecule has 1 fully saturated rings. The van der Waals surface area contributed by atoms with E-state index in [1.54, 1.807) is 20.8 Å². The second-order valence-electron chi connectivity index (χ2n) is 6.10. The number of aliphatic hydroxyl groups is 1. The molecule has 0 heterocycles. The van der Waals surface area contributed by atoms with E-state index in [1.807, 2.05) is 13.8 Å². The maximum atomic E-state index is 11.7. The zero-order valence-electron chi connectivity index (χ0n) is 10.5. The van der Waals surface area contributed by atoms with E-state index in [-0.39, 0.29) is 6.04 Å². The lowest BCUT2D eigenvalue weighted by Gasteiger charge is -2.49. The fraction of sp³-hybridized carbons (Fsp3) is 1.00. The van der Waals surface area contributed by atoms with E-state index in [4.69, 9.17) is 0 Å². The first kappa shape index (κ1) is 13.9. The van der Waals surface area contributed by atoms with Crippen LogP contribution < -0.4 is 9.44 Å². The summed E-state index contributed by atoms with van der Waals surface area (Å²) in [4.78, 5) is 0. The van der Waals surface area contributed by atoms with Crippen molar-refractivity contribution in [2.45, 2.75) is 58.7 Å². The molecule has 1 saturated carbocycles. The van der Waals surface area contributed by atoms with Crippen molar-refractivity contribution in [1.29, 1.82) is 0 Å². The smallest absolute Gasteiger partial charge is 0.277 e. The molecule has 96 valence electrons. The second kappa shape index (κ2) is 3.94. The summed E-state index contributed by atoms with van der Waals surface area (Å²) in [6.07, 6.45) is 0.0350. The second-order valence-corrected chi connectivity index (χ2v) is 7.55. The fourth-order valence-corrected chi connectivity index (χ4v) is 3.36. The van der Waals surface area contributed by atoms with Crippen LogP contribution in [-0.2, 0) is 10.2 Å². The molecule has 0 amide bonds. The fourth-order valence-electron chi connectivity index (χ4n) is 1.72. The highest BCUT2D eigenvalue weighted by molar-refractivity contribution is 7.87. The highest BCUT2D eigenvalue weighted by Crippen LogP contribution is 2.40. The third kappa shape index (κ3) is 3.16. The van der Waals surface area contributed by atoms with Crippen molar-refractivity contribution in [2.24, 2.45) is 5.41 Å². The zero-order valence-corrected chi connectivity index (χ0v) is 11.4. The molecular weight excluding hydrogens is 228 g/mol. The summed E-state index contributed by atoms with van der Waals surface area (Å²) in [6.45, 7) is 9.06. The lowest BCUT2D eigenvalue weighted by atomic mass is 9.65. The first-order chi connectivity index (χ1) is 6.94. The Morgan fingerprint density at radius 1 is 1.31 bits per heavy atom. The molecule has 0 aromatic heterocycles. The summed E-state index contributed by atoms with van der Waals surface area (Å²) in [5.41, 5.74) is -0.898. The van der Waals surface area contributed by atoms with Crippen molar-refractivity contribution in [3.8, 4) is 0 Å². The molecule has 0 aromatic carbocycles. The van der Waals surface area contributed by atoms with Gasteiger partial charge in [-0.15, -0.1) is 0 Å². The van der Waals surface area contributed by atoms with E-state index in [9.17, 15) is 13.5 Å². The molecule has 0 saturated heterocycles. The van der Waals surface area contributed by atoms with Gasteiger partial charge in [0.1, 0.15) is 0 Å². The Hall–Kier alpha value is -0.170. The van der Waals surface area contributed by atoms with Gasteiger partial charge in [0, 0.05) is 17.0 Å². The summed E-state index contributed by atoms with van der Waals surface area (Å²) in [5, 5.41) is 9.52. The Labute approximate surface area is 97.8 Å². The molecule has 3 N–H and O–H groups in total. The van der Waals surface area contributed by atoms with E-state index in [0.717, 1.165) is 0 Å². The number of aliphatic hydroxyl groups excluding tert-OH is 1. The van der Waals surface area contributed by atoms with Crippen molar-refractivity contribution in [3.63, 3.8) is 0 Å². The molecule has 0 radical (unpaired) electrons. The zero-order chi connectivity index (χ0) is 12.8. The first-order valence-electron chi connectivity index (χ1n) is 5.43. The molecule has 16 heavy (non-hydrogen) atoms. The number of hydrogen-bond donors (Lipinski definition) is 3. The van der Waals surface area contributed by atoms with Gasteiger partial charge in [-0.2, -0.15) is 17.9 Å². The van der Waals surface area contributed by atoms with Gasteiger partial charge in [-0.3, -0.25) is 0 Å². The highest BCUT2D eigenvalue weighted by atomic mass is 32.2. The van der Waals surface area contributed by atoms with Crippen molar-refractivity contribution in [2.75, 3.05) is 0 Å². The molecule has 0 aromatic rings. The SMILES string of the molecule is CC(C)(C)NS(=O)(=O)NC1CC(O)C1(C)C. The van der Waals surface area contributed by atoms with E-state index in [1.165, 1.54) is 0 Å². The molecular formula is C10H22N2O3S. The van der Waals surface area contributed by atoms with Crippen molar-refractivity contribution >= 4 is 10.2 Å². The lowest BCUT2D eigenvalue weighted by Crippen LogP contribution is -2.63. The topological polar surface area (TPSA) is 78.4 Å². The van der Waals surface area contributed by atoms with E-state index in [2.05, 4.69) is 9.44 Å². The maximum absolute atomic E-state index is 11.7. The van der Waals surface area contributed by atoms with Crippen LogP contribution in [0.1, 0.15) is 41.0 Å². The van der Waals surface area contributed by atoms with Crippen LogP contribution in [0.3, 0.4) is 0 Å². The molecule has 0 aliphatic heterocycles. The van der Waals surface area contributed by atoms with Gasteiger partial charge in [-0.05, 0) is 27.2 Å². The van der Waals surface area contributed by atoms with Crippen LogP contribution in [0.2, 0.25) is 0 Å². The normalized spacial score (nSPS) is 29.9. The van der Waals surface area contributed by atoms with Gasteiger partial charge in [0.25, 0.3) is 10.2 Å². The molecule has 2 atom stereocenters. The molecule has 2 unspecified atom stereocenters. The average molecular weight is 250 g/mol. The van der Waals surface area contributed by atoms with Gasteiger partial charge in [-0.1, -0.05) is 13.8 Å². The van der Waals surface area contributed by atoms with Gasteiger partial charge >= 0.3 is 0 Å². The van der Waals surface area contributed by atoms with Gasteiger partial charge in [-0.25, -0.2) is 0 Å². The van der Waals surface area contributed by atoms with Crippen LogP contribution in [0, 0.1) is 5.41 Å². The quantitative estimate of drug-likeness (QED) is 0.677. The highest BCUT2D eigenvalue weighted by Gasteiger charge is 2.49. The number of rotatable bonds is 3. The van der Waals surface area contributed by atoms with Gasteiger partial charge in [0.2, 0.25) is 0 Å². The summed E-state index contributed by atoms with van der Waals surface area (Å²) < 4.78 is 28.6. The van der Waals surface area contributed by atoms with Crippen LogP contribution in [0.15, 0.2) is 0 Å². The average Bonchev–Trinajstić information content (AvgIpc) is 1.98. The van der Waals surface area contributed by atoms with Crippen LogP contribution >= 0.6 is 0 Å². The monoisotopic (exact) mass is 250 g/mol. The summed E-state index contributed by atoms with van der Waals surface area (Å²) in [6, 6.07) is -0.206. The first-order valence-corrected chi connectivity index (χ1v) is 6.92.